The molecule has 0 spiro atoms. The van der Waals surface area contributed by atoms with Crippen LogP contribution in [0.2, 0.25) is 0 Å². The number of alkyl halides is 3. The predicted octanol–water partition coefficient (Wildman–Crippen LogP) is 3.52. The van der Waals surface area contributed by atoms with Crippen molar-refractivity contribution in [3.8, 4) is 11.3 Å². The van der Waals surface area contributed by atoms with Crippen molar-refractivity contribution in [1.29, 1.82) is 0 Å². The molecule has 0 saturated heterocycles. The molecular weight excluding hydrogens is 411 g/mol. The molecule has 4 rings (SSSR count). The summed E-state index contributed by atoms with van der Waals surface area (Å²) < 4.78 is 41.5. The lowest BCUT2D eigenvalue weighted by molar-refractivity contribution is -0.137. The van der Waals surface area contributed by atoms with Crippen molar-refractivity contribution in [3.05, 3.63) is 82.4 Å². The van der Waals surface area contributed by atoms with Gasteiger partial charge in [-0.3, -0.25) is 9.59 Å². The average molecular weight is 427 g/mol. The zero-order valence-electron chi connectivity index (χ0n) is 16.2. The summed E-state index contributed by atoms with van der Waals surface area (Å²) in [5, 5.41) is 10.4. The van der Waals surface area contributed by atoms with Crippen LogP contribution in [0.3, 0.4) is 0 Å². The minimum Gasteiger partial charge on any atom is -0.324 e. The molecular formula is C21H16F3N5O2. The van der Waals surface area contributed by atoms with E-state index in [9.17, 15) is 22.8 Å². The van der Waals surface area contributed by atoms with Gasteiger partial charge in [-0.15, -0.1) is 0 Å². The molecule has 2 aromatic heterocycles. The van der Waals surface area contributed by atoms with Gasteiger partial charge >= 0.3 is 6.18 Å². The summed E-state index contributed by atoms with van der Waals surface area (Å²) in [4.78, 5) is 25.0. The van der Waals surface area contributed by atoms with Crippen LogP contribution in [0, 0.1) is 6.92 Å². The monoisotopic (exact) mass is 427 g/mol. The maximum Gasteiger partial charge on any atom is 0.418 e. The number of rotatable bonds is 4. The number of hydrogen-bond acceptors (Lipinski definition) is 4. The molecule has 1 amide bonds. The van der Waals surface area contributed by atoms with Gasteiger partial charge in [-0.2, -0.15) is 23.4 Å². The number of fused-ring (bicyclic) bond motifs is 1. The number of aromatic nitrogens is 4. The second-order valence-electron chi connectivity index (χ2n) is 6.91. The van der Waals surface area contributed by atoms with Gasteiger partial charge in [0.05, 0.1) is 16.9 Å². The van der Waals surface area contributed by atoms with Gasteiger partial charge in [0.15, 0.2) is 0 Å². The minimum absolute atomic E-state index is 0.189. The number of amides is 1. The van der Waals surface area contributed by atoms with Gasteiger partial charge in [-0.1, -0.05) is 42.0 Å². The van der Waals surface area contributed by atoms with Crippen LogP contribution in [0.5, 0.6) is 0 Å². The highest BCUT2D eigenvalue weighted by Crippen LogP contribution is 2.34. The quantitative estimate of drug-likeness (QED) is 0.540. The molecule has 31 heavy (non-hydrogen) atoms. The largest absolute Gasteiger partial charge is 0.418 e. The van der Waals surface area contributed by atoms with Crippen molar-refractivity contribution in [2.24, 2.45) is 0 Å². The molecule has 0 saturated carbocycles. The molecule has 158 valence electrons. The second-order valence-corrected chi connectivity index (χ2v) is 6.91. The van der Waals surface area contributed by atoms with E-state index in [2.05, 4.69) is 15.5 Å². The summed E-state index contributed by atoms with van der Waals surface area (Å²) in [6, 6.07) is 13.8. The average Bonchev–Trinajstić information content (AvgIpc) is 3.15. The number of nitrogens with zero attached hydrogens (tertiary/aromatic N) is 4. The molecule has 0 aliphatic heterocycles. The van der Waals surface area contributed by atoms with Crippen LogP contribution < -0.4 is 10.9 Å². The zero-order chi connectivity index (χ0) is 22.2. The Kier molecular flexibility index (Phi) is 5.05. The van der Waals surface area contributed by atoms with Crippen LogP contribution in [0.25, 0.3) is 16.8 Å². The molecule has 0 fully saturated rings. The lowest BCUT2D eigenvalue weighted by Gasteiger charge is -2.13. The van der Waals surface area contributed by atoms with Gasteiger partial charge in [-0.25, -0.2) is 9.20 Å². The summed E-state index contributed by atoms with van der Waals surface area (Å²) in [7, 11) is 0. The second kappa shape index (κ2) is 7.71. The minimum atomic E-state index is -4.62. The number of carbonyl (C=O) groups excluding carboxylic acids is 1. The molecule has 0 aliphatic carbocycles. The molecule has 0 bridgehead atoms. The third-order valence-electron chi connectivity index (χ3n) is 4.64. The lowest BCUT2D eigenvalue weighted by Crippen LogP contribution is -2.31. The van der Waals surface area contributed by atoms with Crippen LogP contribution in [0.1, 0.15) is 11.1 Å². The molecule has 7 nitrogen and oxygen atoms in total. The van der Waals surface area contributed by atoms with E-state index in [1.54, 1.807) is 6.07 Å². The van der Waals surface area contributed by atoms with E-state index in [-0.39, 0.29) is 11.2 Å². The number of hydrogen-bond donors (Lipinski definition) is 1. The smallest absolute Gasteiger partial charge is 0.324 e. The summed E-state index contributed by atoms with van der Waals surface area (Å²) in [6.07, 6.45) is -3.35. The molecule has 4 aromatic rings. The number of anilines is 1. The van der Waals surface area contributed by atoms with Gasteiger partial charge in [0, 0.05) is 5.56 Å². The van der Waals surface area contributed by atoms with Crippen LogP contribution in [0.15, 0.2) is 65.7 Å². The predicted molar refractivity (Wildman–Crippen MR) is 107 cm³/mol. The first-order chi connectivity index (χ1) is 14.7. The van der Waals surface area contributed by atoms with Crippen molar-refractivity contribution >= 4 is 17.1 Å². The molecule has 0 atom stereocenters. The van der Waals surface area contributed by atoms with Crippen molar-refractivity contribution < 1.29 is 18.0 Å². The molecule has 0 unspecified atom stereocenters. The van der Waals surface area contributed by atoms with E-state index < -0.39 is 29.8 Å². The Morgan fingerprint density at radius 2 is 1.81 bits per heavy atom. The summed E-state index contributed by atoms with van der Waals surface area (Å²) >= 11 is 0. The Morgan fingerprint density at radius 1 is 1.10 bits per heavy atom. The first kappa shape index (κ1) is 20.3. The lowest BCUT2D eigenvalue weighted by atomic mass is 10.1. The SMILES string of the molecule is Cc1ccc(-c2cc3c(=O)n(CC(=O)Nc4ccccc4C(F)(F)F)ncn3n2)cc1. The van der Waals surface area contributed by atoms with E-state index in [0.29, 0.717) is 5.69 Å². The number of aryl methyl sites for hydroxylation is 1. The van der Waals surface area contributed by atoms with Crippen LogP contribution in [-0.2, 0) is 17.5 Å². The van der Waals surface area contributed by atoms with E-state index >= 15 is 0 Å². The maximum absolute atomic E-state index is 13.1. The Morgan fingerprint density at radius 3 is 2.52 bits per heavy atom. The van der Waals surface area contributed by atoms with Gasteiger partial charge in [0.1, 0.15) is 18.4 Å². The molecule has 2 aromatic carbocycles. The number of benzene rings is 2. The highest BCUT2D eigenvalue weighted by atomic mass is 19.4. The van der Waals surface area contributed by atoms with Gasteiger partial charge in [-0.05, 0) is 25.1 Å². The van der Waals surface area contributed by atoms with E-state index in [4.69, 9.17) is 0 Å². The van der Waals surface area contributed by atoms with Crippen LogP contribution in [0.4, 0.5) is 18.9 Å². The van der Waals surface area contributed by atoms with Crippen molar-refractivity contribution in [2.75, 3.05) is 5.32 Å². The Bertz CT molecular complexity index is 1320. The Hall–Kier alpha value is -3.95. The first-order valence-electron chi connectivity index (χ1n) is 9.21. The number of carbonyl (C=O) groups is 1. The van der Waals surface area contributed by atoms with Crippen molar-refractivity contribution in [2.45, 2.75) is 19.6 Å². The first-order valence-corrected chi connectivity index (χ1v) is 9.21. The highest BCUT2D eigenvalue weighted by Gasteiger charge is 2.33. The molecule has 1 N–H and O–H groups in total. The number of para-hydroxylation sites is 1. The summed E-state index contributed by atoms with van der Waals surface area (Å²) in [5.41, 5.74) is 0.677. The Balaban J connectivity index is 1.59. The van der Waals surface area contributed by atoms with Crippen LogP contribution >= 0.6 is 0 Å². The highest BCUT2D eigenvalue weighted by molar-refractivity contribution is 5.91. The number of nitrogens with one attached hydrogen (secondary N) is 1. The van der Waals surface area contributed by atoms with Crippen molar-refractivity contribution in [3.63, 3.8) is 0 Å². The van der Waals surface area contributed by atoms with E-state index in [0.717, 1.165) is 27.9 Å². The Labute approximate surface area is 173 Å². The zero-order valence-corrected chi connectivity index (χ0v) is 16.2. The molecule has 0 aliphatic rings. The van der Waals surface area contributed by atoms with Gasteiger partial charge in [0.25, 0.3) is 5.56 Å². The molecule has 2 heterocycles. The third kappa shape index (κ3) is 4.18. The standard InChI is InChI=1S/C21H16F3N5O2/c1-13-6-8-14(9-7-13)17-10-18-20(31)28(25-12-29(18)27-17)11-19(30)26-16-5-3-2-4-15(16)21(22,23)24/h2-10,12H,11H2,1H3,(H,26,30). The third-order valence-corrected chi connectivity index (χ3v) is 4.64. The molecule has 0 radical (unpaired) electrons. The van der Waals surface area contributed by atoms with Crippen molar-refractivity contribution in [1.82, 2.24) is 19.4 Å². The normalized spacial score (nSPS) is 11.6. The van der Waals surface area contributed by atoms with Gasteiger partial charge in [0.2, 0.25) is 5.91 Å². The van der Waals surface area contributed by atoms with E-state index in [1.165, 1.54) is 23.0 Å². The summed E-state index contributed by atoms with van der Waals surface area (Å²) in [6.45, 7) is 1.40. The maximum atomic E-state index is 13.1. The number of halogens is 3. The fourth-order valence-electron chi connectivity index (χ4n) is 3.08. The van der Waals surface area contributed by atoms with Gasteiger partial charge < -0.3 is 5.32 Å². The molecule has 10 heteroatoms. The fraction of sp³-hybridized carbons (Fsp3) is 0.143. The fourth-order valence-corrected chi connectivity index (χ4v) is 3.08. The summed E-state index contributed by atoms with van der Waals surface area (Å²) in [5.74, 6) is -0.811. The topological polar surface area (TPSA) is 81.3 Å². The van der Waals surface area contributed by atoms with E-state index in [1.807, 2.05) is 31.2 Å². The van der Waals surface area contributed by atoms with Crippen LogP contribution in [-0.4, -0.2) is 25.3 Å².